The van der Waals surface area contributed by atoms with Crippen LogP contribution in [0.15, 0.2) is 29.2 Å². The van der Waals surface area contributed by atoms with Crippen LogP contribution in [0.1, 0.15) is 31.1 Å². The summed E-state index contributed by atoms with van der Waals surface area (Å²) >= 11 is 0. The van der Waals surface area contributed by atoms with Gasteiger partial charge < -0.3 is 0 Å². The van der Waals surface area contributed by atoms with Gasteiger partial charge in [0.05, 0.1) is 10.4 Å². The van der Waals surface area contributed by atoms with Crippen LogP contribution in [0.3, 0.4) is 0 Å². The molecule has 96 valence electrons. The predicted octanol–water partition coefficient (Wildman–Crippen LogP) is 1.58. The molecule has 1 aromatic carbocycles. The Morgan fingerprint density at radius 1 is 1.28 bits per heavy atom. The Balaban J connectivity index is 3.08. The van der Waals surface area contributed by atoms with E-state index < -0.39 is 15.6 Å². The number of nitrogens with one attached hydrogen (secondary N) is 1. The number of carbonyl (C=O) groups excluding carboxylic acids is 1. The Morgan fingerprint density at radius 3 is 2.17 bits per heavy atom. The first-order valence-electron chi connectivity index (χ1n) is 5.31. The average molecular weight is 265 g/mol. The standard InChI is InChI=1S/C13H15NO3S/c1-5-13(3,4)14-18(16,17)12-8-6-11(7-9-12)10(2)15/h1,6-9,14H,2-4H3. The second-order valence-corrected chi connectivity index (χ2v) is 6.14. The van der Waals surface area contributed by atoms with E-state index in [0.29, 0.717) is 5.56 Å². The third kappa shape index (κ3) is 3.42. The molecule has 0 radical (unpaired) electrons. The molecule has 5 heteroatoms. The first kappa shape index (κ1) is 14.4. The lowest BCUT2D eigenvalue weighted by Crippen LogP contribution is -2.41. The molecule has 0 heterocycles. The van der Waals surface area contributed by atoms with Gasteiger partial charge in [0.1, 0.15) is 0 Å². The van der Waals surface area contributed by atoms with Gasteiger partial charge in [0, 0.05) is 5.56 Å². The van der Waals surface area contributed by atoms with Crippen molar-refractivity contribution in [1.29, 1.82) is 0 Å². The summed E-state index contributed by atoms with van der Waals surface area (Å²) in [5.74, 6) is 2.24. The number of carbonyl (C=O) groups is 1. The molecule has 0 aliphatic carbocycles. The van der Waals surface area contributed by atoms with Crippen molar-refractivity contribution in [2.24, 2.45) is 0 Å². The lowest BCUT2D eigenvalue weighted by molar-refractivity contribution is 0.101. The molecule has 0 aliphatic heterocycles. The summed E-state index contributed by atoms with van der Waals surface area (Å²) in [5.41, 5.74) is -0.497. The van der Waals surface area contributed by atoms with Crippen molar-refractivity contribution < 1.29 is 13.2 Å². The maximum absolute atomic E-state index is 12.0. The number of benzene rings is 1. The van der Waals surface area contributed by atoms with Crippen molar-refractivity contribution in [3.05, 3.63) is 29.8 Å². The number of Topliss-reactive ketones (excluding diaryl/α,β-unsaturated/α-hetero) is 1. The van der Waals surface area contributed by atoms with Crippen LogP contribution in [0.5, 0.6) is 0 Å². The van der Waals surface area contributed by atoms with Gasteiger partial charge in [-0.3, -0.25) is 4.79 Å². The lowest BCUT2D eigenvalue weighted by Gasteiger charge is -2.19. The fraction of sp³-hybridized carbons (Fsp3) is 0.308. The van der Waals surface area contributed by atoms with Gasteiger partial charge in [0.15, 0.2) is 5.78 Å². The van der Waals surface area contributed by atoms with Crippen LogP contribution in [0, 0.1) is 12.3 Å². The third-order valence-corrected chi connectivity index (χ3v) is 3.99. The Labute approximate surface area is 107 Å². The highest BCUT2D eigenvalue weighted by molar-refractivity contribution is 7.89. The van der Waals surface area contributed by atoms with Gasteiger partial charge in [-0.25, -0.2) is 8.42 Å². The summed E-state index contributed by atoms with van der Waals surface area (Å²) in [4.78, 5) is 11.2. The highest BCUT2D eigenvalue weighted by atomic mass is 32.2. The zero-order chi connectivity index (χ0) is 14.0. The first-order valence-corrected chi connectivity index (χ1v) is 6.79. The zero-order valence-electron chi connectivity index (χ0n) is 10.5. The van der Waals surface area contributed by atoms with E-state index in [-0.39, 0.29) is 10.7 Å². The maximum atomic E-state index is 12.0. The molecule has 0 spiro atoms. The van der Waals surface area contributed by atoms with E-state index in [0.717, 1.165) is 0 Å². The van der Waals surface area contributed by atoms with Crippen LogP contribution in [-0.4, -0.2) is 19.7 Å². The van der Waals surface area contributed by atoms with Gasteiger partial charge in [-0.05, 0) is 32.9 Å². The molecule has 0 bridgehead atoms. The van der Waals surface area contributed by atoms with Crippen molar-refractivity contribution in [1.82, 2.24) is 4.72 Å². The van der Waals surface area contributed by atoms with E-state index >= 15 is 0 Å². The number of hydrogen-bond donors (Lipinski definition) is 1. The second-order valence-electron chi connectivity index (χ2n) is 4.46. The topological polar surface area (TPSA) is 63.2 Å². The van der Waals surface area contributed by atoms with Crippen LogP contribution in [0.25, 0.3) is 0 Å². The lowest BCUT2D eigenvalue weighted by atomic mass is 10.1. The Bertz CT molecular complexity index is 592. The van der Waals surface area contributed by atoms with Crippen LogP contribution >= 0.6 is 0 Å². The summed E-state index contributed by atoms with van der Waals surface area (Å²) in [6.45, 7) is 4.60. The second kappa shape index (κ2) is 4.92. The van der Waals surface area contributed by atoms with Gasteiger partial charge in [0.25, 0.3) is 0 Å². The Kier molecular flexibility index (Phi) is 3.95. The minimum Gasteiger partial charge on any atom is -0.295 e. The monoisotopic (exact) mass is 265 g/mol. The first-order chi connectivity index (χ1) is 8.18. The molecular formula is C13H15NO3S. The van der Waals surface area contributed by atoms with Crippen molar-refractivity contribution in [3.8, 4) is 12.3 Å². The number of terminal acetylenes is 1. The number of rotatable bonds is 4. The highest BCUT2D eigenvalue weighted by Gasteiger charge is 2.24. The van der Waals surface area contributed by atoms with Gasteiger partial charge in [0.2, 0.25) is 10.0 Å². The molecule has 4 nitrogen and oxygen atoms in total. The summed E-state index contributed by atoms with van der Waals surface area (Å²) in [6, 6.07) is 5.71. The number of hydrogen-bond acceptors (Lipinski definition) is 3. The van der Waals surface area contributed by atoms with E-state index in [2.05, 4.69) is 10.6 Å². The smallest absolute Gasteiger partial charge is 0.241 e. The van der Waals surface area contributed by atoms with Crippen LogP contribution in [0.2, 0.25) is 0 Å². The van der Waals surface area contributed by atoms with E-state index in [1.54, 1.807) is 13.8 Å². The quantitative estimate of drug-likeness (QED) is 0.664. The molecule has 1 aromatic rings. The molecule has 1 N–H and O–H groups in total. The fourth-order valence-electron chi connectivity index (χ4n) is 1.29. The minimum absolute atomic E-state index is 0.0795. The molecule has 0 aliphatic rings. The van der Waals surface area contributed by atoms with Gasteiger partial charge in [-0.1, -0.05) is 18.1 Å². The van der Waals surface area contributed by atoms with E-state index in [9.17, 15) is 13.2 Å². The molecule has 18 heavy (non-hydrogen) atoms. The zero-order valence-corrected chi connectivity index (χ0v) is 11.3. The maximum Gasteiger partial charge on any atom is 0.241 e. The summed E-state index contributed by atoms with van der Waals surface area (Å²) < 4.78 is 26.4. The van der Waals surface area contributed by atoms with Crippen LogP contribution in [0.4, 0.5) is 0 Å². The summed E-state index contributed by atoms with van der Waals surface area (Å²) in [6.07, 6.45) is 5.23. The molecule has 0 atom stereocenters. The molecule has 0 saturated carbocycles. The predicted molar refractivity (Wildman–Crippen MR) is 69.7 cm³/mol. The molecular weight excluding hydrogens is 250 g/mol. The Hall–Kier alpha value is -1.64. The molecule has 0 amide bonds. The molecule has 0 unspecified atom stereocenters. The molecule has 0 fully saturated rings. The minimum atomic E-state index is -3.68. The average Bonchev–Trinajstić information content (AvgIpc) is 2.28. The van der Waals surface area contributed by atoms with Gasteiger partial charge in [-0.2, -0.15) is 4.72 Å². The number of ketones is 1. The van der Waals surface area contributed by atoms with Crippen LogP contribution < -0.4 is 4.72 Å². The SMILES string of the molecule is C#CC(C)(C)NS(=O)(=O)c1ccc(C(C)=O)cc1. The molecule has 0 aromatic heterocycles. The van der Waals surface area contributed by atoms with Crippen molar-refractivity contribution in [2.75, 3.05) is 0 Å². The molecule has 0 saturated heterocycles. The summed E-state index contributed by atoms with van der Waals surface area (Å²) in [7, 11) is -3.68. The number of sulfonamides is 1. The fourth-order valence-corrected chi connectivity index (χ4v) is 2.64. The highest BCUT2D eigenvalue weighted by Crippen LogP contribution is 2.14. The van der Waals surface area contributed by atoms with Gasteiger partial charge >= 0.3 is 0 Å². The summed E-state index contributed by atoms with van der Waals surface area (Å²) in [5, 5.41) is 0. The van der Waals surface area contributed by atoms with E-state index in [1.807, 2.05) is 0 Å². The molecule has 1 rings (SSSR count). The van der Waals surface area contributed by atoms with Crippen molar-refractivity contribution in [2.45, 2.75) is 31.2 Å². The van der Waals surface area contributed by atoms with Crippen molar-refractivity contribution in [3.63, 3.8) is 0 Å². The Morgan fingerprint density at radius 2 is 1.78 bits per heavy atom. The normalized spacial score (nSPS) is 11.9. The van der Waals surface area contributed by atoms with E-state index in [4.69, 9.17) is 6.42 Å². The largest absolute Gasteiger partial charge is 0.295 e. The third-order valence-electron chi connectivity index (χ3n) is 2.32. The van der Waals surface area contributed by atoms with Crippen LogP contribution in [-0.2, 0) is 10.0 Å². The van der Waals surface area contributed by atoms with Gasteiger partial charge in [-0.15, -0.1) is 6.42 Å². The van der Waals surface area contributed by atoms with E-state index in [1.165, 1.54) is 31.2 Å². The van der Waals surface area contributed by atoms with Crippen molar-refractivity contribution >= 4 is 15.8 Å².